The summed E-state index contributed by atoms with van der Waals surface area (Å²) in [7, 11) is 0. The normalized spacial score (nSPS) is 18.8. The Morgan fingerprint density at radius 1 is 1.19 bits per heavy atom. The van der Waals surface area contributed by atoms with Gasteiger partial charge in [-0.2, -0.15) is 0 Å². The molecule has 1 aromatic rings. The molecule has 2 nitrogen and oxygen atoms in total. The van der Waals surface area contributed by atoms with Crippen LogP contribution >= 0.6 is 0 Å². The first-order valence-corrected chi connectivity index (χ1v) is 6.35. The fourth-order valence-corrected chi connectivity index (χ4v) is 2.33. The number of nitrogens with zero attached hydrogens (tertiary/aromatic N) is 1. The summed E-state index contributed by atoms with van der Waals surface area (Å²) >= 11 is 0. The summed E-state index contributed by atoms with van der Waals surface area (Å²) in [4.78, 5) is 2.58. The van der Waals surface area contributed by atoms with Crippen LogP contribution in [0.3, 0.4) is 0 Å². The molecule has 1 N–H and O–H groups in total. The molecule has 1 aliphatic heterocycles. The van der Waals surface area contributed by atoms with Crippen molar-refractivity contribution in [1.82, 2.24) is 10.2 Å². The molecule has 1 saturated heterocycles. The van der Waals surface area contributed by atoms with Gasteiger partial charge in [0.15, 0.2) is 0 Å². The van der Waals surface area contributed by atoms with E-state index in [0.29, 0.717) is 6.04 Å². The van der Waals surface area contributed by atoms with E-state index in [-0.39, 0.29) is 0 Å². The van der Waals surface area contributed by atoms with E-state index in [2.05, 4.69) is 47.5 Å². The minimum atomic E-state index is 0.672. The lowest BCUT2D eigenvalue weighted by Crippen LogP contribution is -2.38. The topological polar surface area (TPSA) is 15.3 Å². The predicted octanol–water partition coefficient (Wildman–Crippen LogP) is 2.26. The Morgan fingerprint density at radius 3 is 2.56 bits per heavy atom. The Labute approximate surface area is 98.7 Å². The van der Waals surface area contributed by atoms with Gasteiger partial charge in [0, 0.05) is 19.1 Å². The van der Waals surface area contributed by atoms with Crippen LogP contribution in [0.5, 0.6) is 0 Å². The highest BCUT2D eigenvalue weighted by atomic mass is 15.2. The first kappa shape index (κ1) is 11.6. The van der Waals surface area contributed by atoms with Crippen LogP contribution in [0.15, 0.2) is 30.3 Å². The van der Waals surface area contributed by atoms with Crippen molar-refractivity contribution in [2.45, 2.75) is 32.4 Å². The average Bonchev–Trinajstić information content (AvgIpc) is 2.84. The molecule has 1 aliphatic rings. The van der Waals surface area contributed by atoms with Crippen molar-refractivity contribution in [3.8, 4) is 0 Å². The van der Waals surface area contributed by atoms with Crippen LogP contribution in [0.25, 0.3) is 0 Å². The Bertz CT molecular complexity index is 291. The van der Waals surface area contributed by atoms with Crippen molar-refractivity contribution in [3.05, 3.63) is 35.9 Å². The summed E-state index contributed by atoms with van der Waals surface area (Å²) in [5.74, 6) is 0. The summed E-state index contributed by atoms with van der Waals surface area (Å²) in [6.07, 6.45) is 2.76. The number of hydrogen-bond donors (Lipinski definition) is 1. The zero-order valence-corrected chi connectivity index (χ0v) is 10.2. The van der Waals surface area contributed by atoms with Crippen LogP contribution in [-0.4, -0.2) is 30.6 Å². The summed E-state index contributed by atoms with van der Waals surface area (Å²) in [5.41, 5.74) is 1.37. The van der Waals surface area contributed by atoms with Crippen LogP contribution < -0.4 is 5.32 Å². The van der Waals surface area contributed by atoms with Gasteiger partial charge in [-0.05, 0) is 38.4 Å². The molecule has 16 heavy (non-hydrogen) atoms. The number of rotatable bonds is 5. The summed E-state index contributed by atoms with van der Waals surface area (Å²) in [6.45, 7) is 6.97. The van der Waals surface area contributed by atoms with E-state index in [1.807, 2.05) is 0 Å². The Kier molecular flexibility index (Phi) is 4.37. The predicted molar refractivity (Wildman–Crippen MR) is 68.4 cm³/mol. The summed E-state index contributed by atoms with van der Waals surface area (Å²) in [5, 5.41) is 3.54. The fourth-order valence-electron chi connectivity index (χ4n) is 2.33. The van der Waals surface area contributed by atoms with Crippen LogP contribution in [0.4, 0.5) is 0 Å². The van der Waals surface area contributed by atoms with E-state index in [4.69, 9.17) is 0 Å². The van der Waals surface area contributed by atoms with E-state index < -0.39 is 0 Å². The molecule has 1 aromatic carbocycles. The third-order valence-corrected chi connectivity index (χ3v) is 3.38. The summed E-state index contributed by atoms with van der Waals surface area (Å²) in [6, 6.07) is 11.3. The van der Waals surface area contributed by atoms with Gasteiger partial charge >= 0.3 is 0 Å². The highest BCUT2D eigenvalue weighted by Gasteiger charge is 2.16. The second-order valence-corrected chi connectivity index (χ2v) is 4.71. The van der Waals surface area contributed by atoms with Crippen molar-refractivity contribution in [2.24, 2.45) is 0 Å². The van der Waals surface area contributed by atoms with E-state index in [1.165, 1.54) is 31.5 Å². The molecule has 0 radical (unpaired) electrons. The van der Waals surface area contributed by atoms with E-state index in [9.17, 15) is 0 Å². The number of benzene rings is 1. The zero-order chi connectivity index (χ0) is 11.2. The molecule has 1 fully saturated rings. The minimum absolute atomic E-state index is 0.672. The molecule has 0 unspecified atom stereocenters. The maximum absolute atomic E-state index is 3.54. The lowest BCUT2D eigenvalue weighted by molar-refractivity contribution is 0.251. The van der Waals surface area contributed by atoms with Crippen LogP contribution in [0.2, 0.25) is 0 Å². The van der Waals surface area contributed by atoms with Crippen LogP contribution in [0, 0.1) is 0 Å². The third-order valence-electron chi connectivity index (χ3n) is 3.38. The molecular weight excluding hydrogens is 196 g/mol. The van der Waals surface area contributed by atoms with Gasteiger partial charge in [0.1, 0.15) is 0 Å². The molecule has 0 spiro atoms. The molecule has 1 atom stereocenters. The molecule has 0 amide bonds. The van der Waals surface area contributed by atoms with Crippen molar-refractivity contribution in [1.29, 1.82) is 0 Å². The summed E-state index contributed by atoms with van der Waals surface area (Å²) < 4.78 is 0. The molecule has 0 aliphatic carbocycles. The number of nitrogens with one attached hydrogen (secondary N) is 1. The maximum atomic E-state index is 3.54. The third kappa shape index (κ3) is 3.32. The highest BCUT2D eigenvalue weighted by Crippen LogP contribution is 2.10. The van der Waals surface area contributed by atoms with Gasteiger partial charge in [0.05, 0.1) is 0 Å². The lowest BCUT2D eigenvalue weighted by atomic mass is 10.2. The van der Waals surface area contributed by atoms with Gasteiger partial charge in [0.25, 0.3) is 0 Å². The second kappa shape index (κ2) is 6.02. The van der Waals surface area contributed by atoms with Gasteiger partial charge < -0.3 is 5.32 Å². The van der Waals surface area contributed by atoms with Gasteiger partial charge in [-0.3, -0.25) is 4.90 Å². The zero-order valence-electron chi connectivity index (χ0n) is 10.2. The van der Waals surface area contributed by atoms with Crippen LogP contribution in [0.1, 0.15) is 25.3 Å². The second-order valence-electron chi connectivity index (χ2n) is 4.71. The van der Waals surface area contributed by atoms with Gasteiger partial charge in [-0.1, -0.05) is 30.3 Å². The van der Waals surface area contributed by atoms with E-state index in [1.54, 1.807) is 0 Å². The largest absolute Gasteiger partial charge is 0.311 e. The highest BCUT2D eigenvalue weighted by molar-refractivity contribution is 5.14. The van der Waals surface area contributed by atoms with E-state index >= 15 is 0 Å². The molecule has 2 rings (SSSR count). The monoisotopic (exact) mass is 218 g/mol. The smallest absolute Gasteiger partial charge is 0.0206 e. The fraction of sp³-hybridized carbons (Fsp3) is 0.571. The van der Waals surface area contributed by atoms with Gasteiger partial charge in [-0.15, -0.1) is 0 Å². The average molecular weight is 218 g/mol. The minimum Gasteiger partial charge on any atom is -0.311 e. The number of likely N-dealkylation sites (tertiary alicyclic amines) is 1. The molecule has 0 bridgehead atoms. The molecule has 0 saturated carbocycles. The molecular formula is C14H22N2. The Morgan fingerprint density at radius 2 is 1.88 bits per heavy atom. The standard InChI is InChI=1S/C14H22N2/c1-13(16-9-5-6-10-16)11-15-12-14-7-3-2-4-8-14/h2-4,7-8,13,15H,5-6,9-12H2,1H3/t13-/m0/s1. The maximum Gasteiger partial charge on any atom is 0.0206 e. The lowest BCUT2D eigenvalue weighted by Gasteiger charge is -2.23. The number of hydrogen-bond acceptors (Lipinski definition) is 2. The van der Waals surface area contributed by atoms with E-state index in [0.717, 1.165) is 13.1 Å². The van der Waals surface area contributed by atoms with Gasteiger partial charge in [-0.25, -0.2) is 0 Å². The van der Waals surface area contributed by atoms with Crippen molar-refractivity contribution in [2.75, 3.05) is 19.6 Å². The van der Waals surface area contributed by atoms with Gasteiger partial charge in [0.2, 0.25) is 0 Å². The molecule has 1 heterocycles. The molecule has 2 heteroatoms. The van der Waals surface area contributed by atoms with Crippen LogP contribution in [-0.2, 0) is 6.54 Å². The molecule has 88 valence electrons. The van der Waals surface area contributed by atoms with Crippen molar-refractivity contribution >= 4 is 0 Å². The SMILES string of the molecule is C[C@@H](CNCc1ccccc1)N1CCCC1. The van der Waals surface area contributed by atoms with Crippen molar-refractivity contribution in [3.63, 3.8) is 0 Å². The quantitative estimate of drug-likeness (QED) is 0.815. The Balaban J connectivity index is 1.67. The first-order chi connectivity index (χ1) is 7.86. The Hall–Kier alpha value is -0.860. The first-order valence-electron chi connectivity index (χ1n) is 6.35. The molecule has 0 aromatic heterocycles. The van der Waals surface area contributed by atoms with Crippen molar-refractivity contribution < 1.29 is 0 Å².